The number of benzene rings is 2. The second-order valence-corrected chi connectivity index (χ2v) is 5.41. The summed E-state index contributed by atoms with van der Waals surface area (Å²) in [6.45, 7) is 0. The largest absolute Gasteiger partial charge is 0.425 e. The minimum Gasteiger partial charge on any atom is -0.425 e. The van der Waals surface area contributed by atoms with Gasteiger partial charge in [0.1, 0.15) is 11.8 Å². The van der Waals surface area contributed by atoms with Crippen LogP contribution in [-0.4, -0.2) is 36.9 Å². The molecule has 0 spiro atoms. The van der Waals surface area contributed by atoms with E-state index in [0.717, 1.165) is 5.56 Å². The molecule has 0 aliphatic carbocycles. The molecule has 0 unspecified atom stereocenters. The first-order valence-corrected chi connectivity index (χ1v) is 7.31. The summed E-state index contributed by atoms with van der Waals surface area (Å²) in [6, 6.07) is 15.3. The predicted molar refractivity (Wildman–Crippen MR) is 88.2 cm³/mol. The van der Waals surface area contributed by atoms with Crippen molar-refractivity contribution in [1.82, 2.24) is 4.90 Å². The number of ether oxygens (including phenoxy) is 1. The zero-order valence-electron chi connectivity index (χ0n) is 13.2. The monoisotopic (exact) mass is 312 g/mol. The van der Waals surface area contributed by atoms with Gasteiger partial charge >= 0.3 is 5.97 Å². The molecule has 0 radical (unpaired) electrons. The summed E-state index contributed by atoms with van der Waals surface area (Å²) in [5.41, 5.74) is 7.20. The van der Waals surface area contributed by atoms with Gasteiger partial charge in [-0.05, 0) is 24.1 Å². The number of hydrogen-bond acceptors (Lipinski definition) is 4. The Hall–Kier alpha value is -2.66. The highest BCUT2D eigenvalue weighted by molar-refractivity contribution is 5.97. The fourth-order valence-electron chi connectivity index (χ4n) is 2.11. The number of carbonyl (C=O) groups is 2. The Morgan fingerprint density at radius 1 is 1.04 bits per heavy atom. The standard InChI is InChI=1S/C18H20N2O3/c1-20(2)17(21)14-10-6-7-11-16(14)23-18(22)15(19)12-13-8-4-3-5-9-13/h3-11,15H,12,19H2,1-2H3/t15-/m0/s1. The lowest BCUT2D eigenvalue weighted by Crippen LogP contribution is -2.36. The van der Waals surface area contributed by atoms with Gasteiger partial charge in [-0.3, -0.25) is 4.79 Å². The molecule has 0 saturated carbocycles. The molecule has 2 N–H and O–H groups in total. The minimum atomic E-state index is -0.792. The van der Waals surface area contributed by atoms with Gasteiger partial charge in [-0.2, -0.15) is 0 Å². The minimum absolute atomic E-state index is 0.222. The van der Waals surface area contributed by atoms with Crippen molar-refractivity contribution in [2.75, 3.05) is 14.1 Å². The molecule has 0 bridgehead atoms. The molecule has 23 heavy (non-hydrogen) atoms. The van der Waals surface area contributed by atoms with Gasteiger partial charge in [0.15, 0.2) is 0 Å². The highest BCUT2D eigenvalue weighted by atomic mass is 16.5. The van der Waals surface area contributed by atoms with E-state index in [1.807, 2.05) is 30.3 Å². The Morgan fingerprint density at radius 2 is 1.65 bits per heavy atom. The number of amides is 1. The topological polar surface area (TPSA) is 72.6 Å². The van der Waals surface area contributed by atoms with Crippen LogP contribution in [0.5, 0.6) is 5.75 Å². The van der Waals surface area contributed by atoms with Crippen molar-refractivity contribution in [3.05, 3.63) is 65.7 Å². The average Bonchev–Trinajstić information content (AvgIpc) is 2.55. The molecule has 2 rings (SSSR count). The van der Waals surface area contributed by atoms with E-state index < -0.39 is 12.0 Å². The SMILES string of the molecule is CN(C)C(=O)c1ccccc1OC(=O)[C@@H](N)Cc1ccccc1. The molecule has 1 atom stereocenters. The summed E-state index contributed by atoms with van der Waals surface area (Å²) in [5.74, 6) is -0.572. The quantitative estimate of drug-likeness (QED) is 0.675. The van der Waals surface area contributed by atoms with Crippen molar-refractivity contribution in [3.8, 4) is 5.75 Å². The van der Waals surface area contributed by atoms with Gasteiger partial charge < -0.3 is 15.4 Å². The Bertz CT molecular complexity index is 684. The van der Waals surface area contributed by atoms with E-state index in [1.165, 1.54) is 4.90 Å². The molecular formula is C18H20N2O3. The lowest BCUT2D eigenvalue weighted by atomic mass is 10.1. The van der Waals surface area contributed by atoms with Crippen molar-refractivity contribution in [1.29, 1.82) is 0 Å². The molecule has 2 aromatic carbocycles. The lowest BCUT2D eigenvalue weighted by molar-refractivity contribution is -0.135. The molecule has 5 nitrogen and oxygen atoms in total. The van der Waals surface area contributed by atoms with Gasteiger partial charge in [0.05, 0.1) is 5.56 Å². The van der Waals surface area contributed by atoms with Gasteiger partial charge in [-0.25, -0.2) is 4.79 Å². The average molecular weight is 312 g/mol. The second-order valence-electron chi connectivity index (χ2n) is 5.41. The number of rotatable bonds is 5. The maximum atomic E-state index is 12.2. The third-order valence-corrected chi connectivity index (χ3v) is 3.34. The number of esters is 1. The van der Waals surface area contributed by atoms with Crippen LogP contribution in [0.1, 0.15) is 15.9 Å². The van der Waals surface area contributed by atoms with Crippen LogP contribution in [-0.2, 0) is 11.2 Å². The van der Waals surface area contributed by atoms with Crippen LogP contribution < -0.4 is 10.5 Å². The lowest BCUT2D eigenvalue weighted by Gasteiger charge is -2.16. The molecule has 0 aromatic heterocycles. The van der Waals surface area contributed by atoms with Crippen LogP contribution in [0, 0.1) is 0 Å². The van der Waals surface area contributed by atoms with Crippen LogP contribution in [0.15, 0.2) is 54.6 Å². The highest BCUT2D eigenvalue weighted by Crippen LogP contribution is 2.20. The summed E-state index contributed by atoms with van der Waals surface area (Å²) in [7, 11) is 3.28. The van der Waals surface area contributed by atoms with E-state index in [-0.39, 0.29) is 11.7 Å². The van der Waals surface area contributed by atoms with E-state index in [2.05, 4.69) is 0 Å². The van der Waals surface area contributed by atoms with Crippen LogP contribution in [0.3, 0.4) is 0 Å². The molecule has 5 heteroatoms. The van der Waals surface area contributed by atoms with E-state index >= 15 is 0 Å². The van der Waals surface area contributed by atoms with Crippen LogP contribution in [0.4, 0.5) is 0 Å². The number of hydrogen-bond donors (Lipinski definition) is 1. The van der Waals surface area contributed by atoms with Gasteiger partial charge in [-0.1, -0.05) is 42.5 Å². The number of carbonyl (C=O) groups excluding carboxylic acids is 2. The van der Waals surface area contributed by atoms with Gasteiger partial charge in [0.25, 0.3) is 5.91 Å². The van der Waals surface area contributed by atoms with E-state index in [4.69, 9.17) is 10.5 Å². The van der Waals surface area contributed by atoms with Crippen molar-refractivity contribution < 1.29 is 14.3 Å². The van der Waals surface area contributed by atoms with Crippen molar-refractivity contribution >= 4 is 11.9 Å². The summed E-state index contributed by atoms with van der Waals surface area (Å²) in [6.07, 6.45) is 0.378. The Balaban J connectivity index is 2.10. The predicted octanol–water partition coefficient (Wildman–Crippen LogP) is 1.86. The van der Waals surface area contributed by atoms with Gasteiger partial charge in [-0.15, -0.1) is 0 Å². The first kappa shape index (κ1) is 16.7. The van der Waals surface area contributed by atoms with Crippen LogP contribution in [0.25, 0.3) is 0 Å². The third-order valence-electron chi connectivity index (χ3n) is 3.34. The van der Waals surface area contributed by atoms with Gasteiger partial charge in [0, 0.05) is 14.1 Å². The summed E-state index contributed by atoms with van der Waals surface area (Å²) >= 11 is 0. The number of nitrogens with two attached hydrogens (primary N) is 1. The van der Waals surface area contributed by atoms with Crippen molar-refractivity contribution in [3.63, 3.8) is 0 Å². The molecule has 0 saturated heterocycles. The highest BCUT2D eigenvalue weighted by Gasteiger charge is 2.20. The Morgan fingerprint density at radius 3 is 2.30 bits per heavy atom. The van der Waals surface area contributed by atoms with Crippen LogP contribution in [0.2, 0.25) is 0 Å². The second kappa shape index (κ2) is 7.56. The maximum Gasteiger partial charge on any atom is 0.328 e. The third kappa shape index (κ3) is 4.40. The normalized spacial score (nSPS) is 11.6. The number of para-hydroxylation sites is 1. The molecular weight excluding hydrogens is 292 g/mol. The van der Waals surface area contributed by atoms with Crippen LogP contribution >= 0.6 is 0 Å². The summed E-state index contributed by atoms with van der Waals surface area (Å²) in [5, 5.41) is 0. The first-order chi connectivity index (χ1) is 11.0. The molecule has 0 heterocycles. The first-order valence-electron chi connectivity index (χ1n) is 7.31. The zero-order chi connectivity index (χ0) is 16.8. The van der Waals surface area contributed by atoms with E-state index in [0.29, 0.717) is 12.0 Å². The molecule has 0 fully saturated rings. The molecule has 1 amide bonds. The summed E-state index contributed by atoms with van der Waals surface area (Å²) < 4.78 is 5.34. The Labute approximate surface area is 135 Å². The summed E-state index contributed by atoms with van der Waals surface area (Å²) in [4.78, 5) is 25.7. The molecule has 2 aromatic rings. The van der Waals surface area contributed by atoms with Crippen molar-refractivity contribution in [2.45, 2.75) is 12.5 Å². The van der Waals surface area contributed by atoms with E-state index in [9.17, 15) is 9.59 Å². The number of nitrogens with zero attached hydrogens (tertiary/aromatic N) is 1. The zero-order valence-corrected chi connectivity index (χ0v) is 13.2. The molecule has 0 aliphatic rings. The fraction of sp³-hybridized carbons (Fsp3) is 0.222. The van der Waals surface area contributed by atoms with Gasteiger partial charge in [0.2, 0.25) is 0 Å². The Kier molecular flexibility index (Phi) is 5.49. The smallest absolute Gasteiger partial charge is 0.328 e. The molecule has 0 aliphatic heterocycles. The van der Waals surface area contributed by atoms with E-state index in [1.54, 1.807) is 38.4 Å². The fourth-order valence-corrected chi connectivity index (χ4v) is 2.11. The maximum absolute atomic E-state index is 12.2. The molecule has 120 valence electrons. The van der Waals surface area contributed by atoms with Crippen molar-refractivity contribution in [2.24, 2.45) is 5.73 Å².